The quantitative estimate of drug-likeness (QED) is 0.466. The van der Waals surface area contributed by atoms with Crippen LogP contribution < -0.4 is 0 Å². The van der Waals surface area contributed by atoms with E-state index >= 15 is 0 Å². The first kappa shape index (κ1) is 6.41. The highest BCUT2D eigenvalue weighted by atomic mass is 16.5. The van der Waals surface area contributed by atoms with Crippen LogP contribution in [-0.4, -0.2) is 12.2 Å². The number of fused-ring (bicyclic) bond motifs is 2. The van der Waals surface area contributed by atoms with Gasteiger partial charge in [-0.3, -0.25) is 0 Å². The van der Waals surface area contributed by atoms with E-state index < -0.39 is 0 Å². The Kier molecular flexibility index (Phi) is 1.76. The van der Waals surface area contributed by atoms with Gasteiger partial charge in [0, 0.05) is 0 Å². The summed E-state index contributed by atoms with van der Waals surface area (Å²) in [7, 11) is 0. The lowest BCUT2D eigenvalue weighted by atomic mass is 10.0. The Hall–Kier alpha value is -0.300. The number of rotatable bonds is 0. The first-order valence-corrected chi connectivity index (χ1v) is 4.25. The molecule has 2 bridgehead atoms. The SMILES string of the molecule is C1=CCC2CCCC(C1)O2. The fourth-order valence-corrected chi connectivity index (χ4v) is 1.82. The lowest BCUT2D eigenvalue weighted by Crippen LogP contribution is -2.25. The van der Waals surface area contributed by atoms with Crippen molar-refractivity contribution in [2.24, 2.45) is 0 Å². The third-order valence-electron chi connectivity index (χ3n) is 2.40. The second kappa shape index (κ2) is 2.75. The smallest absolute Gasteiger partial charge is 0.0613 e. The van der Waals surface area contributed by atoms with Crippen LogP contribution in [0.3, 0.4) is 0 Å². The zero-order chi connectivity index (χ0) is 6.81. The highest BCUT2D eigenvalue weighted by molar-refractivity contribution is 4.92. The maximum Gasteiger partial charge on any atom is 0.0613 e. The van der Waals surface area contributed by atoms with Crippen LogP contribution in [0.2, 0.25) is 0 Å². The molecular weight excluding hydrogens is 124 g/mol. The zero-order valence-corrected chi connectivity index (χ0v) is 6.25. The second-order valence-electron chi connectivity index (χ2n) is 3.25. The minimum atomic E-state index is 0.553. The molecular formula is C9H14O. The molecule has 0 aromatic heterocycles. The Balaban J connectivity index is 2.03. The van der Waals surface area contributed by atoms with E-state index in [9.17, 15) is 0 Å². The minimum Gasteiger partial charge on any atom is -0.374 e. The summed E-state index contributed by atoms with van der Waals surface area (Å²) in [5, 5.41) is 0. The maximum absolute atomic E-state index is 5.78. The van der Waals surface area contributed by atoms with Crippen LogP contribution in [0, 0.1) is 0 Å². The van der Waals surface area contributed by atoms with Crippen LogP contribution in [0.1, 0.15) is 32.1 Å². The number of hydrogen-bond donors (Lipinski definition) is 0. The Morgan fingerprint density at radius 2 is 1.60 bits per heavy atom. The van der Waals surface area contributed by atoms with Crippen molar-refractivity contribution in [3.8, 4) is 0 Å². The predicted octanol–water partition coefficient (Wildman–Crippen LogP) is 2.27. The predicted molar refractivity (Wildman–Crippen MR) is 40.9 cm³/mol. The second-order valence-corrected chi connectivity index (χ2v) is 3.25. The summed E-state index contributed by atoms with van der Waals surface area (Å²) in [4.78, 5) is 0. The molecule has 2 atom stereocenters. The Labute approximate surface area is 62.1 Å². The fraction of sp³-hybridized carbons (Fsp3) is 0.778. The van der Waals surface area contributed by atoms with E-state index in [4.69, 9.17) is 4.74 Å². The normalized spacial score (nSPS) is 39.2. The summed E-state index contributed by atoms with van der Waals surface area (Å²) in [6.07, 6.45) is 11.9. The average molecular weight is 138 g/mol. The third kappa shape index (κ3) is 1.24. The van der Waals surface area contributed by atoms with Crippen molar-refractivity contribution in [1.82, 2.24) is 0 Å². The summed E-state index contributed by atoms with van der Waals surface area (Å²) >= 11 is 0. The molecule has 0 spiro atoms. The number of ether oxygens (including phenoxy) is 1. The van der Waals surface area contributed by atoms with Gasteiger partial charge >= 0.3 is 0 Å². The van der Waals surface area contributed by atoms with Gasteiger partial charge in [-0.15, -0.1) is 0 Å². The van der Waals surface area contributed by atoms with E-state index in [2.05, 4.69) is 12.2 Å². The van der Waals surface area contributed by atoms with Gasteiger partial charge in [0.25, 0.3) is 0 Å². The fourth-order valence-electron chi connectivity index (χ4n) is 1.82. The van der Waals surface area contributed by atoms with Crippen molar-refractivity contribution < 1.29 is 4.74 Å². The van der Waals surface area contributed by atoms with E-state index in [1.165, 1.54) is 19.3 Å². The lowest BCUT2D eigenvalue weighted by Gasteiger charge is -2.27. The molecule has 10 heavy (non-hydrogen) atoms. The summed E-state index contributed by atoms with van der Waals surface area (Å²) < 4.78 is 5.78. The largest absolute Gasteiger partial charge is 0.374 e. The Morgan fingerprint density at radius 1 is 1.00 bits per heavy atom. The summed E-state index contributed by atoms with van der Waals surface area (Å²) in [5.41, 5.74) is 0. The van der Waals surface area contributed by atoms with Gasteiger partial charge < -0.3 is 4.74 Å². The highest BCUT2D eigenvalue weighted by Crippen LogP contribution is 2.25. The molecule has 1 fully saturated rings. The standard InChI is InChI=1S/C9H14O/c1-2-5-9-7-3-6-8(4-1)10-9/h1-2,8-9H,3-7H2. The van der Waals surface area contributed by atoms with Gasteiger partial charge in [0.2, 0.25) is 0 Å². The monoisotopic (exact) mass is 138 g/mol. The highest BCUT2D eigenvalue weighted by Gasteiger charge is 2.21. The van der Waals surface area contributed by atoms with Crippen LogP contribution in [-0.2, 0) is 4.74 Å². The summed E-state index contributed by atoms with van der Waals surface area (Å²) in [5.74, 6) is 0. The first-order valence-electron chi connectivity index (χ1n) is 4.25. The van der Waals surface area contributed by atoms with E-state index in [0.29, 0.717) is 12.2 Å². The van der Waals surface area contributed by atoms with Gasteiger partial charge in [0.1, 0.15) is 0 Å². The molecule has 1 nitrogen and oxygen atoms in total. The molecule has 0 aliphatic carbocycles. The van der Waals surface area contributed by atoms with Crippen molar-refractivity contribution in [3.05, 3.63) is 12.2 Å². The first-order chi connectivity index (χ1) is 4.95. The number of hydrogen-bond acceptors (Lipinski definition) is 1. The molecule has 0 saturated carbocycles. The molecule has 2 rings (SSSR count). The molecule has 2 aliphatic rings. The van der Waals surface area contributed by atoms with Crippen LogP contribution in [0.5, 0.6) is 0 Å². The molecule has 0 aromatic carbocycles. The molecule has 0 aromatic rings. The third-order valence-corrected chi connectivity index (χ3v) is 2.40. The average Bonchev–Trinajstić information content (AvgIpc) is 2.12. The Bertz CT molecular complexity index is 126. The van der Waals surface area contributed by atoms with Gasteiger partial charge in [-0.25, -0.2) is 0 Å². The summed E-state index contributed by atoms with van der Waals surface area (Å²) in [6.45, 7) is 0. The molecule has 56 valence electrons. The van der Waals surface area contributed by atoms with E-state index in [1.54, 1.807) is 0 Å². The van der Waals surface area contributed by atoms with Crippen molar-refractivity contribution in [2.45, 2.75) is 44.3 Å². The van der Waals surface area contributed by atoms with Crippen LogP contribution in [0.25, 0.3) is 0 Å². The van der Waals surface area contributed by atoms with E-state index in [0.717, 1.165) is 12.8 Å². The minimum absolute atomic E-state index is 0.553. The topological polar surface area (TPSA) is 9.23 Å². The maximum atomic E-state index is 5.78. The summed E-state index contributed by atoms with van der Waals surface area (Å²) in [6, 6.07) is 0. The lowest BCUT2D eigenvalue weighted by molar-refractivity contribution is -0.0418. The molecule has 2 heterocycles. The molecule has 2 unspecified atom stereocenters. The molecule has 1 heteroatoms. The van der Waals surface area contributed by atoms with E-state index in [-0.39, 0.29) is 0 Å². The van der Waals surface area contributed by atoms with Gasteiger partial charge in [-0.2, -0.15) is 0 Å². The van der Waals surface area contributed by atoms with Gasteiger partial charge in [-0.05, 0) is 32.1 Å². The molecule has 0 radical (unpaired) electrons. The Morgan fingerprint density at radius 3 is 2.20 bits per heavy atom. The van der Waals surface area contributed by atoms with Gasteiger partial charge in [0.15, 0.2) is 0 Å². The molecule has 1 saturated heterocycles. The van der Waals surface area contributed by atoms with Crippen LogP contribution in [0.15, 0.2) is 12.2 Å². The van der Waals surface area contributed by atoms with Gasteiger partial charge in [-0.1, -0.05) is 12.2 Å². The molecule has 0 amide bonds. The zero-order valence-electron chi connectivity index (χ0n) is 6.25. The van der Waals surface area contributed by atoms with Gasteiger partial charge in [0.05, 0.1) is 12.2 Å². The molecule has 2 aliphatic heterocycles. The van der Waals surface area contributed by atoms with E-state index in [1.807, 2.05) is 0 Å². The van der Waals surface area contributed by atoms with Crippen molar-refractivity contribution >= 4 is 0 Å². The van der Waals surface area contributed by atoms with Crippen molar-refractivity contribution in [3.63, 3.8) is 0 Å². The van der Waals surface area contributed by atoms with Crippen molar-refractivity contribution in [1.29, 1.82) is 0 Å². The van der Waals surface area contributed by atoms with Crippen LogP contribution in [0.4, 0.5) is 0 Å². The van der Waals surface area contributed by atoms with Crippen LogP contribution >= 0.6 is 0 Å². The molecule has 0 N–H and O–H groups in total. The van der Waals surface area contributed by atoms with Crippen molar-refractivity contribution in [2.75, 3.05) is 0 Å².